The maximum Gasteiger partial charge on any atom is 0.0237 e. The van der Waals surface area contributed by atoms with Gasteiger partial charge in [0, 0.05) is 38.3 Å². The van der Waals surface area contributed by atoms with Gasteiger partial charge in [-0.3, -0.25) is 9.80 Å². The third kappa shape index (κ3) is 4.29. The highest BCUT2D eigenvalue weighted by molar-refractivity contribution is 5.14. The molecular formula is C18H29N3. The van der Waals surface area contributed by atoms with Crippen molar-refractivity contribution < 1.29 is 0 Å². The van der Waals surface area contributed by atoms with Crippen molar-refractivity contribution in [1.82, 2.24) is 9.80 Å². The molecule has 1 aliphatic carbocycles. The molecule has 3 rings (SSSR count). The highest BCUT2D eigenvalue weighted by atomic mass is 15.2. The van der Waals surface area contributed by atoms with Gasteiger partial charge < -0.3 is 5.73 Å². The number of benzene rings is 1. The van der Waals surface area contributed by atoms with Gasteiger partial charge in [-0.15, -0.1) is 0 Å². The van der Waals surface area contributed by atoms with Crippen LogP contribution in [0.1, 0.15) is 37.7 Å². The summed E-state index contributed by atoms with van der Waals surface area (Å²) in [5.74, 6) is 0. The zero-order valence-corrected chi connectivity index (χ0v) is 13.1. The van der Waals surface area contributed by atoms with Gasteiger partial charge in [0.25, 0.3) is 0 Å². The third-order valence-electron chi connectivity index (χ3n) is 4.90. The number of likely N-dealkylation sites (tertiary alicyclic amines) is 1. The Labute approximate surface area is 129 Å². The first-order valence-corrected chi connectivity index (χ1v) is 8.59. The van der Waals surface area contributed by atoms with Gasteiger partial charge in [0.05, 0.1) is 0 Å². The third-order valence-corrected chi connectivity index (χ3v) is 4.90. The average Bonchev–Trinajstić information content (AvgIpc) is 3.34. The van der Waals surface area contributed by atoms with Gasteiger partial charge in [-0.05, 0) is 37.8 Å². The molecule has 0 aromatic heterocycles. The van der Waals surface area contributed by atoms with Crippen LogP contribution >= 0.6 is 0 Å². The summed E-state index contributed by atoms with van der Waals surface area (Å²) < 4.78 is 0. The molecule has 1 atom stereocenters. The number of nitrogens with zero attached hydrogens (tertiary/aromatic N) is 2. The molecule has 3 heteroatoms. The Morgan fingerprint density at radius 1 is 1.10 bits per heavy atom. The molecule has 1 saturated heterocycles. The van der Waals surface area contributed by atoms with Gasteiger partial charge in [0.1, 0.15) is 0 Å². The van der Waals surface area contributed by atoms with E-state index >= 15 is 0 Å². The molecule has 0 amide bonds. The molecule has 1 saturated carbocycles. The Hall–Kier alpha value is -0.900. The Balaban J connectivity index is 1.60. The minimum atomic E-state index is 0.714. The van der Waals surface area contributed by atoms with E-state index in [4.69, 9.17) is 5.73 Å². The van der Waals surface area contributed by atoms with E-state index in [1.165, 1.54) is 50.8 Å². The van der Waals surface area contributed by atoms with Crippen molar-refractivity contribution in [1.29, 1.82) is 0 Å². The first-order chi connectivity index (χ1) is 10.4. The molecule has 2 fully saturated rings. The van der Waals surface area contributed by atoms with Gasteiger partial charge in [-0.2, -0.15) is 0 Å². The highest BCUT2D eigenvalue weighted by Gasteiger charge is 2.32. The van der Waals surface area contributed by atoms with Gasteiger partial charge >= 0.3 is 0 Å². The minimum absolute atomic E-state index is 0.714. The molecule has 0 spiro atoms. The second kappa shape index (κ2) is 7.39. The fourth-order valence-electron chi connectivity index (χ4n) is 3.59. The molecule has 0 radical (unpaired) electrons. The molecule has 116 valence electrons. The number of hydrogen-bond acceptors (Lipinski definition) is 3. The Morgan fingerprint density at radius 2 is 1.90 bits per heavy atom. The summed E-state index contributed by atoms with van der Waals surface area (Å²) in [5, 5.41) is 0. The molecule has 21 heavy (non-hydrogen) atoms. The van der Waals surface area contributed by atoms with Crippen LogP contribution in [-0.4, -0.2) is 48.1 Å². The predicted octanol–water partition coefficient (Wildman–Crippen LogP) is 2.46. The fraction of sp³-hybridized carbons (Fsp3) is 0.667. The second-order valence-corrected chi connectivity index (χ2v) is 6.62. The SMILES string of the molecule is NCCN(CC1CCCCN1Cc1ccccc1)C1CC1. The molecule has 2 N–H and O–H groups in total. The van der Waals surface area contributed by atoms with Crippen molar-refractivity contribution in [3.63, 3.8) is 0 Å². The summed E-state index contributed by atoms with van der Waals surface area (Å²) in [5.41, 5.74) is 7.25. The van der Waals surface area contributed by atoms with Crippen molar-refractivity contribution in [3.05, 3.63) is 35.9 Å². The van der Waals surface area contributed by atoms with E-state index in [1.54, 1.807) is 0 Å². The maximum absolute atomic E-state index is 5.80. The predicted molar refractivity (Wildman–Crippen MR) is 88.1 cm³/mol. The average molecular weight is 287 g/mol. The van der Waals surface area contributed by atoms with Crippen LogP contribution < -0.4 is 5.73 Å². The summed E-state index contributed by atoms with van der Waals surface area (Å²) in [6.07, 6.45) is 6.85. The van der Waals surface area contributed by atoms with E-state index < -0.39 is 0 Å². The lowest BCUT2D eigenvalue weighted by atomic mass is 10.0. The topological polar surface area (TPSA) is 32.5 Å². The van der Waals surface area contributed by atoms with E-state index in [1.807, 2.05) is 0 Å². The summed E-state index contributed by atoms with van der Waals surface area (Å²) in [7, 11) is 0. The van der Waals surface area contributed by atoms with E-state index in [0.717, 1.165) is 25.7 Å². The molecule has 1 aromatic rings. The molecule has 1 aliphatic heterocycles. The van der Waals surface area contributed by atoms with Crippen molar-refractivity contribution in [3.8, 4) is 0 Å². The summed E-state index contributed by atoms with van der Waals surface area (Å²) in [6, 6.07) is 12.5. The first-order valence-electron chi connectivity index (χ1n) is 8.59. The van der Waals surface area contributed by atoms with Crippen LogP contribution in [0.3, 0.4) is 0 Å². The molecule has 0 bridgehead atoms. The zero-order valence-electron chi connectivity index (χ0n) is 13.1. The van der Waals surface area contributed by atoms with E-state index in [9.17, 15) is 0 Å². The van der Waals surface area contributed by atoms with Crippen LogP contribution in [0.4, 0.5) is 0 Å². The molecule has 1 aromatic carbocycles. The molecule has 1 unspecified atom stereocenters. The molecule has 2 aliphatic rings. The quantitative estimate of drug-likeness (QED) is 0.836. The normalized spacial score (nSPS) is 23.6. The summed E-state index contributed by atoms with van der Waals surface area (Å²) >= 11 is 0. The van der Waals surface area contributed by atoms with E-state index in [-0.39, 0.29) is 0 Å². The second-order valence-electron chi connectivity index (χ2n) is 6.62. The van der Waals surface area contributed by atoms with Crippen LogP contribution in [0.25, 0.3) is 0 Å². The van der Waals surface area contributed by atoms with Gasteiger partial charge in [-0.25, -0.2) is 0 Å². The number of nitrogens with two attached hydrogens (primary N) is 1. The zero-order chi connectivity index (χ0) is 14.5. The highest BCUT2D eigenvalue weighted by Crippen LogP contribution is 2.29. The lowest BCUT2D eigenvalue weighted by molar-refractivity contribution is 0.0957. The monoisotopic (exact) mass is 287 g/mol. The Bertz CT molecular complexity index is 416. The van der Waals surface area contributed by atoms with Crippen LogP contribution in [0.15, 0.2) is 30.3 Å². The molecule has 1 heterocycles. The van der Waals surface area contributed by atoms with Gasteiger partial charge in [0.2, 0.25) is 0 Å². The Kier molecular flexibility index (Phi) is 5.28. The summed E-state index contributed by atoms with van der Waals surface area (Å²) in [6.45, 7) is 5.43. The minimum Gasteiger partial charge on any atom is -0.329 e. The van der Waals surface area contributed by atoms with Crippen LogP contribution in [0.2, 0.25) is 0 Å². The number of piperidine rings is 1. The van der Waals surface area contributed by atoms with E-state index in [2.05, 4.69) is 40.1 Å². The van der Waals surface area contributed by atoms with Gasteiger partial charge in [0.15, 0.2) is 0 Å². The van der Waals surface area contributed by atoms with Crippen molar-refractivity contribution in [2.24, 2.45) is 5.73 Å². The van der Waals surface area contributed by atoms with Crippen LogP contribution in [-0.2, 0) is 6.54 Å². The molecule has 3 nitrogen and oxygen atoms in total. The van der Waals surface area contributed by atoms with E-state index in [0.29, 0.717) is 6.04 Å². The van der Waals surface area contributed by atoms with Crippen LogP contribution in [0.5, 0.6) is 0 Å². The largest absolute Gasteiger partial charge is 0.329 e. The molecular weight excluding hydrogens is 258 g/mol. The fourth-order valence-corrected chi connectivity index (χ4v) is 3.59. The van der Waals surface area contributed by atoms with Crippen molar-refractivity contribution in [2.75, 3.05) is 26.2 Å². The van der Waals surface area contributed by atoms with Crippen molar-refractivity contribution >= 4 is 0 Å². The van der Waals surface area contributed by atoms with Crippen molar-refractivity contribution in [2.45, 2.75) is 50.7 Å². The summed E-state index contributed by atoms with van der Waals surface area (Å²) in [4.78, 5) is 5.35. The standard InChI is InChI=1S/C18H29N3/c19-11-13-21(17-9-10-17)15-18-8-4-5-12-20(18)14-16-6-2-1-3-7-16/h1-3,6-7,17-18H,4-5,8-15,19H2. The lowest BCUT2D eigenvalue weighted by Crippen LogP contribution is -2.47. The van der Waals surface area contributed by atoms with Gasteiger partial charge in [-0.1, -0.05) is 36.8 Å². The smallest absolute Gasteiger partial charge is 0.0237 e. The number of hydrogen-bond donors (Lipinski definition) is 1. The Morgan fingerprint density at radius 3 is 2.62 bits per heavy atom. The lowest BCUT2D eigenvalue weighted by Gasteiger charge is -2.39. The first kappa shape index (κ1) is 15.0. The van der Waals surface area contributed by atoms with Crippen LogP contribution in [0, 0.1) is 0 Å². The maximum atomic E-state index is 5.80. The number of rotatable bonds is 7.